The molecule has 3 nitrogen and oxygen atoms in total. The van der Waals surface area contributed by atoms with E-state index in [4.69, 9.17) is 0 Å². The Morgan fingerprint density at radius 1 is 1.35 bits per heavy atom. The highest BCUT2D eigenvalue weighted by molar-refractivity contribution is 5.56. The molecule has 2 aromatic rings. The van der Waals surface area contributed by atoms with Crippen LogP contribution in [0, 0.1) is 12.7 Å². The van der Waals surface area contributed by atoms with Crippen molar-refractivity contribution < 1.29 is 4.39 Å². The van der Waals surface area contributed by atoms with Gasteiger partial charge in [-0.1, -0.05) is 12.1 Å². The second-order valence-electron chi connectivity index (χ2n) is 4.46. The minimum atomic E-state index is -0.233. The first kappa shape index (κ1) is 10.5. The third-order valence-electron chi connectivity index (χ3n) is 3.19. The number of aromatic nitrogens is 2. The summed E-state index contributed by atoms with van der Waals surface area (Å²) in [5, 5.41) is 3.23. The quantitative estimate of drug-likeness (QED) is 0.832. The van der Waals surface area contributed by atoms with Gasteiger partial charge in [0.1, 0.15) is 11.6 Å². The van der Waals surface area contributed by atoms with E-state index in [0.29, 0.717) is 5.92 Å². The Morgan fingerprint density at radius 2 is 2.18 bits per heavy atom. The summed E-state index contributed by atoms with van der Waals surface area (Å²) < 4.78 is 13.1. The maximum atomic E-state index is 13.1. The van der Waals surface area contributed by atoms with Crippen molar-refractivity contribution in [1.82, 2.24) is 15.3 Å². The number of benzene rings is 1. The van der Waals surface area contributed by atoms with Crippen molar-refractivity contribution in [1.29, 1.82) is 0 Å². The number of hydrogen-bond acceptors (Lipinski definition) is 2. The Bertz CT molecular complexity index is 543. The Morgan fingerprint density at radius 3 is 2.82 bits per heavy atom. The number of rotatable bonds is 2. The molecule has 0 spiro atoms. The molecular formula is C13H14FN3. The third kappa shape index (κ3) is 1.85. The monoisotopic (exact) mass is 231 g/mol. The average molecular weight is 231 g/mol. The number of aryl methyl sites for hydroxylation is 1. The van der Waals surface area contributed by atoms with Crippen molar-refractivity contribution in [3.63, 3.8) is 0 Å². The molecular weight excluding hydrogens is 217 g/mol. The predicted octanol–water partition coefficient (Wildman–Crippen LogP) is 2.21. The van der Waals surface area contributed by atoms with Crippen LogP contribution in [-0.2, 0) is 0 Å². The summed E-state index contributed by atoms with van der Waals surface area (Å²) >= 11 is 0. The number of nitrogens with one attached hydrogen (secondary N) is 2. The zero-order valence-electron chi connectivity index (χ0n) is 9.63. The molecule has 0 unspecified atom stereocenters. The zero-order valence-corrected chi connectivity index (χ0v) is 9.63. The van der Waals surface area contributed by atoms with Crippen LogP contribution < -0.4 is 5.32 Å². The molecule has 3 rings (SSSR count). The van der Waals surface area contributed by atoms with Gasteiger partial charge < -0.3 is 10.3 Å². The van der Waals surface area contributed by atoms with Crippen molar-refractivity contribution in [2.75, 3.05) is 13.1 Å². The fourth-order valence-electron chi connectivity index (χ4n) is 2.13. The molecule has 88 valence electrons. The average Bonchev–Trinajstić information content (AvgIpc) is 2.59. The van der Waals surface area contributed by atoms with Crippen molar-refractivity contribution in [3.8, 4) is 11.4 Å². The standard InChI is InChI=1S/C13H14FN3/c1-8-12(10-6-15-7-10)17-13(16-8)9-3-2-4-11(14)5-9/h2-5,10,15H,6-7H2,1H3,(H,16,17). The molecule has 0 saturated carbocycles. The summed E-state index contributed by atoms with van der Waals surface area (Å²) in [4.78, 5) is 7.81. The highest BCUT2D eigenvalue weighted by Gasteiger charge is 2.24. The minimum absolute atomic E-state index is 0.233. The van der Waals surface area contributed by atoms with Gasteiger partial charge in [0.05, 0.1) is 5.69 Å². The van der Waals surface area contributed by atoms with Gasteiger partial charge in [0.15, 0.2) is 0 Å². The number of halogens is 1. The van der Waals surface area contributed by atoms with Gasteiger partial charge in [-0.2, -0.15) is 0 Å². The van der Waals surface area contributed by atoms with Crippen LogP contribution >= 0.6 is 0 Å². The maximum Gasteiger partial charge on any atom is 0.137 e. The lowest BCUT2D eigenvalue weighted by Gasteiger charge is -2.25. The van der Waals surface area contributed by atoms with Gasteiger partial charge in [-0.05, 0) is 19.1 Å². The molecule has 0 aliphatic carbocycles. The number of imidazole rings is 1. The number of aromatic amines is 1. The molecule has 17 heavy (non-hydrogen) atoms. The zero-order chi connectivity index (χ0) is 11.8. The maximum absolute atomic E-state index is 13.1. The van der Waals surface area contributed by atoms with E-state index in [9.17, 15) is 4.39 Å². The van der Waals surface area contributed by atoms with Crippen LogP contribution in [0.2, 0.25) is 0 Å². The van der Waals surface area contributed by atoms with Crippen LogP contribution in [-0.4, -0.2) is 23.1 Å². The normalized spacial score (nSPS) is 15.9. The highest BCUT2D eigenvalue weighted by atomic mass is 19.1. The van der Waals surface area contributed by atoms with Crippen molar-refractivity contribution in [2.24, 2.45) is 0 Å². The fraction of sp³-hybridized carbons (Fsp3) is 0.308. The van der Waals surface area contributed by atoms with Gasteiger partial charge >= 0.3 is 0 Å². The Kier molecular flexibility index (Phi) is 2.44. The van der Waals surface area contributed by atoms with E-state index < -0.39 is 0 Å². The molecule has 1 fully saturated rings. The Labute approximate surface area is 99.1 Å². The van der Waals surface area contributed by atoms with Gasteiger partial charge in [-0.3, -0.25) is 0 Å². The smallest absolute Gasteiger partial charge is 0.137 e. The number of hydrogen-bond donors (Lipinski definition) is 2. The highest BCUT2D eigenvalue weighted by Crippen LogP contribution is 2.25. The largest absolute Gasteiger partial charge is 0.342 e. The molecule has 2 N–H and O–H groups in total. The first-order valence-corrected chi connectivity index (χ1v) is 5.77. The van der Waals surface area contributed by atoms with Gasteiger partial charge in [0, 0.05) is 30.3 Å². The number of nitrogens with zero attached hydrogens (tertiary/aromatic N) is 1. The van der Waals surface area contributed by atoms with Crippen LogP contribution in [0.15, 0.2) is 24.3 Å². The van der Waals surface area contributed by atoms with Crippen LogP contribution in [0.4, 0.5) is 4.39 Å². The van der Waals surface area contributed by atoms with E-state index >= 15 is 0 Å². The summed E-state index contributed by atoms with van der Waals surface area (Å²) in [6.45, 7) is 3.98. The summed E-state index contributed by atoms with van der Waals surface area (Å²) in [5.41, 5.74) is 2.98. The summed E-state index contributed by atoms with van der Waals surface area (Å²) in [5.74, 6) is 1.01. The van der Waals surface area contributed by atoms with Crippen molar-refractivity contribution >= 4 is 0 Å². The third-order valence-corrected chi connectivity index (χ3v) is 3.19. The molecule has 0 bridgehead atoms. The van der Waals surface area contributed by atoms with Gasteiger partial charge in [0.2, 0.25) is 0 Å². The molecule has 1 aliphatic rings. The summed E-state index contributed by atoms with van der Waals surface area (Å²) in [6, 6.07) is 6.51. The summed E-state index contributed by atoms with van der Waals surface area (Å²) in [7, 11) is 0. The molecule has 0 atom stereocenters. The summed E-state index contributed by atoms with van der Waals surface area (Å²) in [6.07, 6.45) is 0. The Balaban J connectivity index is 1.98. The SMILES string of the molecule is Cc1[nH]c(-c2cccc(F)c2)nc1C1CNC1. The minimum Gasteiger partial charge on any atom is -0.342 e. The van der Waals surface area contributed by atoms with Crippen LogP contribution in [0.5, 0.6) is 0 Å². The molecule has 4 heteroatoms. The second-order valence-corrected chi connectivity index (χ2v) is 4.46. The molecule has 1 aromatic heterocycles. The number of H-pyrrole nitrogens is 1. The van der Waals surface area contributed by atoms with E-state index in [1.807, 2.05) is 13.0 Å². The predicted molar refractivity (Wildman–Crippen MR) is 64.3 cm³/mol. The topological polar surface area (TPSA) is 40.7 Å². The molecule has 0 amide bonds. The van der Waals surface area contributed by atoms with Gasteiger partial charge in [-0.15, -0.1) is 0 Å². The van der Waals surface area contributed by atoms with Crippen molar-refractivity contribution in [2.45, 2.75) is 12.8 Å². The van der Waals surface area contributed by atoms with E-state index in [-0.39, 0.29) is 5.82 Å². The first-order chi connectivity index (χ1) is 8.24. The van der Waals surface area contributed by atoms with Crippen LogP contribution in [0.1, 0.15) is 17.3 Å². The fourth-order valence-corrected chi connectivity index (χ4v) is 2.13. The first-order valence-electron chi connectivity index (χ1n) is 5.77. The van der Waals surface area contributed by atoms with Gasteiger partial charge in [0.25, 0.3) is 0 Å². The molecule has 2 heterocycles. The van der Waals surface area contributed by atoms with E-state index in [0.717, 1.165) is 35.9 Å². The van der Waals surface area contributed by atoms with E-state index in [1.165, 1.54) is 12.1 Å². The van der Waals surface area contributed by atoms with E-state index in [1.54, 1.807) is 6.07 Å². The molecule has 0 radical (unpaired) electrons. The molecule has 1 saturated heterocycles. The van der Waals surface area contributed by atoms with Crippen molar-refractivity contribution in [3.05, 3.63) is 41.5 Å². The van der Waals surface area contributed by atoms with Crippen LogP contribution in [0.3, 0.4) is 0 Å². The van der Waals surface area contributed by atoms with Gasteiger partial charge in [-0.25, -0.2) is 9.37 Å². The lowest BCUT2D eigenvalue weighted by atomic mass is 9.98. The molecule has 1 aliphatic heterocycles. The lowest BCUT2D eigenvalue weighted by Crippen LogP contribution is -2.40. The second kappa shape index (κ2) is 3.96. The molecule has 1 aromatic carbocycles. The van der Waals surface area contributed by atoms with E-state index in [2.05, 4.69) is 15.3 Å². The van der Waals surface area contributed by atoms with Crippen LogP contribution in [0.25, 0.3) is 11.4 Å². The lowest BCUT2D eigenvalue weighted by molar-refractivity contribution is 0.439. The Hall–Kier alpha value is -1.68.